The molecule has 7 heteroatoms. The van der Waals surface area contributed by atoms with E-state index in [1.807, 2.05) is 30.3 Å². The van der Waals surface area contributed by atoms with Crippen molar-refractivity contribution in [1.82, 2.24) is 30.1 Å². The molecule has 0 aliphatic carbocycles. The number of fused-ring (bicyclic) bond motifs is 2. The lowest BCUT2D eigenvalue weighted by molar-refractivity contribution is 0.628. The number of H-pyrrole nitrogens is 2. The highest BCUT2D eigenvalue weighted by molar-refractivity contribution is 6.00. The number of aromatic nitrogens is 6. The fourth-order valence-corrected chi connectivity index (χ4v) is 3.83. The van der Waals surface area contributed by atoms with Gasteiger partial charge in [-0.05, 0) is 53.6 Å². The third-order valence-corrected chi connectivity index (χ3v) is 5.35. The molecule has 0 saturated carbocycles. The number of pyridine rings is 3. The smallest absolute Gasteiger partial charge is 0.138 e. The van der Waals surface area contributed by atoms with Crippen molar-refractivity contribution in [3.05, 3.63) is 85.2 Å². The van der Waals surface area contributed by atoms with E-state index in [4.69, 9.17) is 0 Å². The third kappa shape index (κ3) is 2.95. The van der Waals surface area contributed by atoms with Gasteiger partial charge in [-0.15, -0.1) is 0 Å². The predicted octanol–water partition coefficient (Wildman–Crippen LogP) is 5.37. The summed E-state index contributed by atoms with van der Waals surface area (Å²) >= 11 is 0. The van der Waals surface area contributed by atoms with Crippen LogP contribution in [0.5, 0.6) is 0 Å². The van der Waals surface area contributed by atoms with Gasteiger partial charge in [0.05, 0.1) is 23.1 Å². The van der Waals surface area contributed by atoms with Gasteiger partial charge in [0.1, 0.15) is 17.2 Å². The van der Waals surface area contributed by atoms with E-state index in [-0.39, 0.29) is 5.82 Å². The van der Waals surface area contributed by atoms with Crippen LogP contribution in [0.4, 0.5) is 4.39 Å². The van der Waals surface area contributed by atoms with Crippen LogP contribution in [0.3, 0.4) is 0 Å². The van der Waals surface area contributed by atoms with E-state index >= 15 is 0 Å². The number of aromatic amines is 2. The van der Waals surface area contributed by atoms with Crippen LogP contribution in [-0.4, -0.2) is 30.1 Å². The van der Waals surface area contributed by atoms with E-state index in [1.165, 1.54) is 12.1 Å². The van der Waals surface area contributed by atoms with Crippen LogP contribution < -0.4 is 0 Å². The molecule has 6 rings (SSSR count). The fourth-order valence-electron chi connectivity index (χ4n) is 3.83. The summed E-state index contributed by atoms with van der Waals surface area (Å²) in [5, 5.41) is 9.47. The van der Waals surface area contributed by atoms with E-state index in [1.54, 1.807) is 36.9 Å². The second-order valence-electron chi connectivity index (χ2n) is 7.24. The summed E-state index contributed by atoms with van der Waals surface area (Å²) in [5.41, 5.74) is 6.87. The maximum atomic E-state index is 13.4. The molecular weight excluding hydrogens is 391 g/mol. The zero-order chi connectivity index (χ0) is 20.8. The molecule has 6 nitrogen and oxygen atoms in total. The van der Waals surface area contributed by atoms with Gasteiger partial charge < -0.3 is 4.98 Å². The lowest BCUT2D eigenvalue weighted by Crippen LogP contribution is -1.85. The minimum absolute atomic E-state index is 0.259. The van der Waals surface area contributed by atoms with Gasteiger partial charge in [0.2, 0.25) is 0 Å². The Kier molecular flexibility index (Phi) is 3.86. The Morgan fingerprint density at radius 1 is 0.806 bits per heavy atom. The van der Waals surface area contributed by atoms with Gasteiger partial charge in [0, 0.05) is 34.9 Å². The molecule has 5 aromatic heterocycles. The maximum Gasteiger partial charge on any atom is 0.138 e. The molecule has 0 amide bonds. The van der Waals surface area contributed by atoms with Crippen LogP contribution in [0.2, 0.25) is 0 Å². The van der Waals surface area contributed by atoms with Crippen molar-refractivity contribution < 1.29 is 4.39 Å². The molecule has 31 heavy (non-hydrogen) atoms. The van der Waals surface area contributed by atoms with Gasteiger partial charge >= 0.3 is 0 Å². The van der Waals surface area contributed by atoms with Crippen LogP contribution in [0.25, 0.3) is 55.7 Å². The Bertz CT molecular complexity index is 1530. The molecule has 0 atom stereocenters. The summed E-state index contributed by atoms with van der Waals surface area (Å²) in [6.45, 7) is 0. The Morgan fingerprint density at radius 2 is 1.71 bits per heavy atom. The van der Waals surface area contributed by atoms with Crippen molar-refractivity contribution in [2.24, 2.45) is 0 Å². The number of benzene rings is 1. The van der Waals surface area contributed by atoms with Crippen LogP contribution in [-0.2, 0) is 0 Å². The van der Waals surface area contributed by atoms with E-state index in [9.17, 15) is 4.39 Å². The average Bonchev–Trinajstić information content (AvgIpc) is 3.43. The van der Waals surface area contributed by atoms with Crippen LogP contribution in [0.15, 0.2) is 79.4 Å². The summed E-state index contributed by atoms with van der Waals surface area (Å²) in [6, 6.07) is 16.3. The Balaban J connectivity index is 1.51. The predicted molar refractivity (Wildman–Crippen MR) is 118 cm³/mol. The first-order valence-corrected chi connectivity index (χ1v) is 9.75. The Hall–Kier alpha value is -4.39. The third-order valence-electron chi connectivity index (χ3n) is 5.35. The molecule has 5 heterocycles. The van der Waals surface area contributed by atoms with E-state index in [2.05, 4.69) is 30.1 Å². The molecular formula is C24H15FN6. The lowest BCUT2D eigenvalue weighted by atomic mass is 10.0. The Morgan fingerprint density at radius 3 is 2.55 bits per heavy atom. The van der Waals surface area contributed by atoms with Gasteiger partial charge in [0.15, 0.2) is 0 Å². The quantitative estimate of drug-likeness (QED) is 0.414. The van der Waals surface area contributed by atoms with E-state index < -0.39 is 0 Å². The minimum Gasteiger partial charge on any atom is -0.338 e. The molecule has 6 aromatic rings. The second-order valence-corrected chi connectivity index (χ2v) is 7.24. The van der Waals surface area contributed by atoms with Gasteiger partial charge in [-0.2, -0.15) is 5.10 Å². The van der Waals surface area contributed by atoms with Crippen molar-refractivity contribution in [1.29, 1.82) is 0 Å². The van der Waals surface area contributed by atoms with Gasteiger partial charge in [-0.3, -0.25) is 15.1 Å². The first-order valence-electron chi connectivity index (χ1n) is 9.75. The molecule has 0 aliphatic heterocycles. The number of halogens is 1. The number of nitrogens with one attached hydrogen (secondary N) is 2. The highest BCUT2D eigenvalue weighted by atomic mass is 19.1. The number of hydrogen-bond donors (Lipinski definition) is 2. The monoisotopic (exact) mass is 406 g/mol. The molecule has 2 N–H and O–H groups in total. The molecule has 0 unspecified atom stereocenters. The second kappa shape index (κ2) is 6.84. The van der Waals surface area contributed by atoms with E-state index in [0.717, 1.165) is 55.7 Å². The first-order chi connectivity index (χ1) is 15.3. The number of nitrogens with zero attached hydrogens (tertiary/aromatic N) is 4. The zero-order valence-corrected chi connectivity index (χ0v) is 16.2. The van der Waals surface area contributed by atoms with Crippen LogP contribution in [0, 0.1) is 5.82 Å². The standard InChI is InChI=1S/C24H15FN6/c25-16-5-3-14(4-6-16)17-7-9-27-24-18(17)10-21(29-24)23-19-11-20(15-2-1-8-26-12-15)28-13-22(19)30-31-23/h1-13H,(H,27,29)(H,30,31). The van der Waals surface area contributed by atoms with Crippen molar-refractivity contribution >= 4 is 21.9 Å². The number of hydrogen-bond acceptors (Lipinski definition) is 4. The topological polar surface area (TPSA) is 83.1 Å². The summed E-state index contributed by atoms with van der Waals surface area (Å²) in [7, 11) is 0. The summed E-state index contributed by atoms with van der Waals surface area (Å²) in [6.07, 6.45) is 7.05. The van der Waals surface area contributed by atoms with Gasteiger partial charge in [-0.1, -0.05) is 12.1 Å². The highest BCUT2D eigenvalue weighted by Crippen LogP contribution is 2.34. The summed E-state index contributed by atoms with van der Waals surface area (Å²) < 4.78 is 13.4. The normalized spacial score (nSPS) is 11.4. The molecule has 0 radical (unpaired) electrons. The summed E-state index contributed by atoms with van der Waals surface area (Å²) in [4.78, 5) is 16.5. The minimum atomic E-state index is -0.259. The van der Waals surface area contributed by atoms with Gasteiger partial charge in [-0.25, -0.2) is 9.37 Å². The molecule has 148 valence electrons. The largest absolute Gasteiger partial charge is 0.338 e. The highest BCUT2D eigenvalue weighted by Gasteiger charge is 2.15. The SMILES string of the molecule is Fc1ccc(-c2ccnc3[nH]c(-c4n[nH]c5cnc(-c6cccnc6)cc45)cc23)cc1. The lowest BCUT2D eigenvalue weighted by Gasteiger charge is -2.02. The molecule has 0 spiro atoms. The molecule has 1 aromatic carbocycles. The molecule has 0 fully saturated rings. The Labute approximate surface area is 175 Å². The maximum absolute atomic E-state index is 13.4. The summed E-state index contributed by atoms with van der Waals surface area (Å²) in [5.74, 6) is -0.259. The van der Waals surface area contributed by atoms with Crippen molar-refractivity contribution in [3.8, 4) is 33.8 Å². The number of rotatable bonds is 3. The average molecular weight is 406 g/mol. The molecule has 0 saturated heterocycles. The van der Waals surface area contributed by atoms with E-state index in [0.29, 0.717) is 0 Å². The van der Waals surface area contributed by atoms with Crippen LogP contribution in [0.1, 0.15) is 0 Å². The molecule has 0 bridgehead atoms. The zero-order valence-electron chi connectivity index (χ0n) is 16.2. The van der Waals surface area contributed by atoms with Crippen molar-refractivity contribution in [2.45, 2.75) is 0 Å². The van der Waals surface area contributed by atoms with Crippen molar-refractivity contribution in [3.63, 3.8) is 0 Å². The van der Waals surface area contributed by atoms with Crippen molar-refractivity contribution in [2.75, 3.05) is 0 Å². The van der Waals surface area contributed by atoms with Gasteiger partial charge in [0.25, 0.3) is 0 Å². The fraction of sp³-hybridized carbons (Fsp3) is 0. The first kappa shape index (κ1) is 17.5. The molecule has 0 aliphatic rings. The van der Waals surface area contributed by atoms with Crippen LogP contribution >= 0.6 is 0 Å².